The van der Waals surface area contributed by atoms with E-state index in [1.54, 1.807) is 17.5 Å². The van der Waals surface area contributed by atoms with Crippen molar-refractivity contribution in [1.82, 2.24) is 15.0 Å². The maximum Gasteiger partial charge on any atom is 0.236 e. The van der Waals surface area contributed by atoms with Crippen LogP contribution in [0.2, 0.25) is 0 Å². The molecule has 0 spiro atoms. The van der Waals surface area contributed by atoms with Crippen molar-refractivity contribution in [3.8, 4) is 5.75 Å². The van der Waals surface area contributed by atoms with Crippen molar-refractivity contribution in [3.05, 3.63) is 58.2 Å². The molecule has 158 valence electrons. The topological polar surface area (TPSA) is 77.0 Å². The first-order chi connectivity index (χ1) is 15.3. The molecule has 0 saturated heterocycles. The first-order valence-corrected chi connectivity index (χ1v) is 12.8. The molecule has 0 bridgehead atoms. The summed E-state index contributed by atoms with van der Waals surface area (Å²) in [5.41, 5.74) is 1.37. The van der Waals surface area contributed by atoms with Gasteiger partial charge in [-0.15, -0.1) is 22.7 Å². The highest BCUT2D eigenvalue weighted by Gasteiger charge is 2.22. The van der Waals surface area contributed by atoms with Crippen molar-refractivity contribution in [3.63, 3.8) is 0 Å². The van der Waals surface area contributed by atoms with Gasteiger partial charge >= 0.3 is 0 Å². The number of fused-ring (bicyclic) bond motifs is 3. The molecule has 1 aliphatic rings. The highest BCUT2D eigenvalue weighted by molar-refractivity contribution is 8.00. The first-order valence-electron chi connectivity index (χ1n) is 10.1. The van der Waals surface area contributed by atoms with Gasteiger partial charge < -0.3 is 10.1 Å². The molecule has 0 aliphatic heterocycles. The van der Waals surface area contributed by atoms with Gasteiger partial charge in [0.2, 0.25) is 5.91 Å². The molecule has 1 N–H and O–H groups in total. The van der Waals surface area contributed by atoms with E-state index in [0.29, 0.717) is 17.6 Å². The van der Waals surface area contributed by atoms with Gasteiger partial charge in [0.05, 0.1) is 5.75 Å². The van der Waals surface area contributed by atoms with Crippen LogP contribution in [0.15, 0.2) is 46.9 Å². The number of aryl methyl sites for hydroxylation is 2. The number of aromatic nitrogens is 3. The molecule has 5 rings (SSSR count). The largest absolute Gasteiger partial charge is 0.486 e. The van der Waals surface area contributed by atoms with Crippen LogP contribution >= 0.6 is 34.4 Å². The van der Waals surface area contributed by atoms with Crippen LogP contribution in [0.3, 0.4) is 0 Å². The smallest absolute Gasteiger partial charge is 0.236 e. The van der Waals surface area contributed by atoms with Crippen molar-refractivity contribution < 1.29 is 9.53 Å². The molecule has 0 atom stereocenters. The second kappa shape index (κ2) is 9.33. The van der Waals surface area contributed by atoms with Crippen LogP contribution in [0, 0.1) is 0 Å². The molecule has 9 heteroatoms. The lowest BCUT2D eigenvalue weighted by Crippen LogP contribution is -2.14. The third kappa shape index (κ3) is 4.73. The molecule has 6 nitrogen and oxygen atoms in total. The number of rotatable bonds is 7. The summed E-state index contributed by atoms with van der Waals surface area (Å²) in [6, 6.07) is 9.67. The lowest BCUT2D eigenvalue weighted by Gasteiger charge is -2.12. The van der Waals surface area contributed by atoms with E-state index in [9.17, 15) is 4.79 Å². The number of thioether (sulfide) groups is 1. The summed E-state index contributed by atoms with van der Waals surface area (Å²) < 4.78 is 5.88. The number of hydrogen-bond donors (Lipinski definition) is 1. The second-order valence-corrected chi connectivity index (χ2v) is 10.1. The van der Waals surface area contributed by atoms with E-state index in [1.165, 1.54) is 46.4 Å². The summed E-state index contributed by atoms with van der Waals surface area (Å²) in [6.45, 7) is 0.293. The zero-order valence-corrected chi connectivity index (χ0v) is 19.1. The highest BCUT2D eigenvalue weighted by atomic mass is 32.2. The van der Waals surface area contributed by atoms with Crippen LogP contribution in [-0.4, -0.2) is 26.6 Å². The van der Waals surface area contributed by atoms with Gasteiger partial charge in [-0.2, -0.15) is 0 Å². The normalized spacial score (nSPS) is 13.2. The van der Waals surface area contributed by atoms with Crippen LogP contribution in [0.4, 0.5) is 5.13 Å². The summed E-state index contributed by atoms with van der Waals surface area (Å²) in [7, 11) is 0. The Bertz CT molecular complexity index is 1190. The summed E-state index contributed by atoms with van der Waals surface area (Å²) in [5.74, 6) is 1.61. The number of amides is 1. The summed E-state index contributed by atoms with van der Waals surface area (Å²) in [4.78, 5) is 28.5. The fourth-order valence-corrected chi connectivity index (χ4v) is 6.34. The minimum Gasteiger partial charge on any atom is -0.486 e. The predicted octanol–water partition coefficient (Wildman–Crippen LogP) is 5.34. The lowest BCUT2D eigenvalue weighted by atomic mass is 9.97. The molecule has 1 amide bonds. The maximum absolute atomic E-state index is 12.4. The van der Waals surface area contributed by atoms with E-state index in [2.05, 4.69) is 10.3 Å². The molecule has 4 aromatic rings. The fraction of sp³-hybridized carbons (Fsp3) is 0.273. The molecule has 0 radical (unpaired) electrons. The SMILES string of the molecule is O=C(CSc1nc(COc2ccccc2)nc2sc3c(c12)CCCC3)Nc1nccs1. The number of ether oxygens (including phenoxy) is 1. The number of benzene rings is 1. The Morgan fingerprint density at radius 1 is 1.16 bits per heavy atom. The number of thiophene rings is 1. The zero-order valence-electron chi connectivity index (χ0n) is 16.7. The molecule has 3 aromatic heterocycles. The van der Waals surface area contributed by atoms with Crippen LogP contribution in [0.25, 0.3) is 10.2 Å². The second-order valence-electron chi connectivity index (χ2n) is 7.11. The third-order valence-electron chi connectivity index (χ3n) is 4.96. The minimum atomic E-state index is -0.0853. The van der Waals surface area contributed by atoms with Gasteiger partial charge in [-0.05, 0) is 43.4 Å². The molecule has 0 fully saturated rings. The van der Waals surface area contributed by atoms with E-state index >= 15 is 0 Å². The van der Waals surface area contributed by atoms with Crippen molar-refractivity contribution >= 4 is 55.7 Å². The lowest BCUT2D eigenvalue weighted by molar-refractivity contribution is -0.113. The van der Waals surface area contributed by atoms with E-state index in [-0.39, 0.29) is 11.7 Å². The molecular formula is C22H20N4O2S3. The number of hydrogen-bond acceptors (Lipinski definition) is 8. The Morgan fingerprint density at radius 3 is 2.87 bits per heavy atom. The predicted molar refractivity (Wildman–Crippen MR) is 126 cm³/mol. The van der Waals surface area contributed by atoms with Gasteiger partial charge in [0, 0.05) is 21.8 Å². The first kappa shape index (κ1) is 20.4. The van der Waals surface area contributed by atoms with Gasteiger partial charge in [-0.3, -0.25) is 4.79 Å². The summed E-state index contributed by atoms with van der Waals surface area (Å²) in [6.07, 6.45) is 6.23. The molecular weight excluding hydrogens is 448 g/mol. The molecule has 31 heavy (non-hydrogen) atoms. The van der Waals surface area contributed by atoms with Crippen LogP contribution in [0.1, 0.15) is 29.1 Å². The Kier molecular flexibility index (Phi) is 6.15. The average molecular weight is 469 g/mol. The van der Waals surface area contributed by atoms with Gasteiger partial charge in [0.15, 0.2) is 11.0 Å². The Hall–Kier alpha value is -2.49. The molecule has 0 unspecified atom stereocenters. The number of para-hydroxylation sites is 1. The Labute approximate surface area is 192 Å². The van der Waals surface area contributed by atoms with Gasteiger partial charge in [0.1, 0.15) is 22.2 Å². The Morgan fingerprint density at radius 2 is 2.03 bits per heavy atom. The average Bonchev–Trinajstić information content (AvgIpc) is 3.44. The summed E-state index contributed by atoms with van der Waals surface area (Å²) in [5, 5.41) is 7.28. The van der Waals surface area contributed by atoms with E-state index in [0.717, 1.165) is 33.8 Å². The maximum atomic E-state index is 12.4. The van der Waals surface area contributed by atoms with E-state index < -0.39 is 0 Å². The molecule has 3 heterocycles. The summed E-state index contributed by atoms with van der Waals surface area (Å²) >= 11 is 4.63. The van der Waals surface area contributed by atoms with Crippen molar-refractivity contribution in [2.24, 2.45) is 0 Å². The van der Waals surface area contributed by atoms with Crippen molar-refractivity contribution in [1.29, 1.82) is 0 Å². The number of anilines is 1. The van der Waals surface area contributed by atoms with Gasteiger partial charge in [-0.1, -0.05) is 30.0 Å². The highest BCUT2D eigenvalue weighted by Crippen LogP contribution is 2.39. The van der Waals surface area contributed by atoms with Crippen LogP contribution in [0.5, 0.6) is 5.75 Å². The number of nitrogens with zero attached hydrogens (tertiary/aromatic N) is 3. The molecule has 1 aliphatic carbocycles. The van der Waals surface area contributed by atoms with Crippen LogP contribution in [-0.2, 0) is 24.2 Å². The number of nitrogens with one attached hydrogen (secondary N) is 1. The number of carbonyl (C=O) groups excluding carboxylic acids is 1. The standard InChI is InChI=1S/C22H20N4O2S3/c27-18(26-22-23-10-11-29-22)13-30-20-19-15-8-4-5-9-16(15)31-21(19)25-17(24-20)12-28-14-6-2-1-3-7-14/h1-3,6-7,10-11H,4-5,8-9,12-13H2,(H,23,26,27). The van der Waals surface area contributed by atoms with Gasteiger partial charge in [-0.25, -0.2) is 15.0 Å². The van der Waals surface area contributed by atoms with Gasteiger partial charge in [0.25, 0.3) is 0 Å². The monoisotopic (exact) mass is 468 g/mol. The van der Waals surface area contributed by atoms with Crippen LogP contribution < -0.4 is 10.1 Å². The third-order valence-corrected chi connectivity index (χ3v) is 7.81. The Balaban J connectivity index is 1.40. The number of carbonyl (C=O) groups is 1. The molecule has 1 aromatic carbocycles. The zero-order chi connectivity index (χ0) is 21.0. The minimum absolute atomic E-state index is 0.0853. The quantitative estimate of drug-likeness (QED) is 0.292. The van der Waals surface area contributed by atoms with E-state index in [1.807, 2.05) is 35.7 Å². The fourth-order valence-electron chi connectivity index (χ4n) is 3.57. The van der Waals surface area contributed by atoms with Crippen molar-refractivity contribution in [2.75, 3.05) is 11.1 Å². The number of thiazole rings is 1. The van der Waals surface area contributed by atoms with E-state index in [4.69, 9.17) is 14.7 Å². The molecule has 0 saturated carbocycles. The van der Waals surface area contributed by atoms with Crippen molar-refractivity contribution in [2.45, 2.75) is 37.3 Å².